The zero-order valence-corrected chi connectivity index (χ0v) is 16.7. The van der Waals surface area contributed by atoms with E-state index in [0.717, 1.165) is 47.8 Å². The third-order valence-electron chi connectivity index (χ3n) is 4.67. The van der Waals surface area contributed by atoms with E-state index in [0.29, 0.717) is 18.2 Å². The van der Waals surface area contributed by atoms with Gasteiger partial charge in [0.25, 0.3) is 0 Å². The number of anilines is 1. The van der Waals surface area contributed by atoms with E-state index in [-0.39, 0.29) is 12.8 Å². The number of benzene rings is 2. The van der Waals surface area contributed by atoms with Gasteiger partial charge in [-0.15, -0.1) is 0 Å². The maximum atomic E-state index is 5.90. The maximum Gasteiger partial charge on any atom is 0.248 e. The smallest absolute Gasteiger partial charge is 0.248 e. The summed E-state index contributed by atoms with van der Waals surface area (Å²) in [7, 11) is 0. The third-order valence-corrected chi connectivity index (χ3v) is 4.67. The molecule has 0 saturated heterocycles. The molecular weight excluding hydrogens is 370 g/mol. The van der Waals surface area contributed by atoms with Gasteiger partial charge in [0.2, 0.25) is 12.7 Å². The summed E-state index contributed by atoms with van der Waals surface area (Å²) in [6, 6.07) is 13.6. The molecule has 4 rings (SSSR count). The molecule has 2 heterocycles. The summed E-state index contributed by atoms with van der Waals surface area (Å²) in [4.78, 5) is 4.48. The van der Waals surface area contributed by atoms with Gasteiger partial charge >= 0.3 is 0 Å². The van der Waals surface area contributed by atoms with Crippen molar-refractivity contribution >= 4 is 5.69 Å². The second-order valence-electron chi connectivity index (χ2n) is 7.02. The van der Waals surface area contributed by atoms with Gasteiger partial charge in [0.1, 0.15) is 18.4 Å². The molecule has 1 aromatic heterocycles. The number of hydrogen-bond acceptors (Lipinski definition) is 7. The number of rotatable bonds is 9. The Hall–Kier alpha value is -3.22. The van der Waals surface area contributed by atoms with E-state index >= 15 is 0 Å². The Kier molecular flexibility index (Phi) is 5.84. The van der Waals surface area contributed by atoms with Crippen LogP contribution in [0.3, 0.4) is 0 Å². The Morgan fingerprint density at radius 1 is 1.14 bits per heavy atom. The minimum absolute atomic E-state index is 0.0806. The predicted molar refractivity (Wildman–Crippen MR) is 108 cm³/mol. The molecule has 0 fully saturated rings. The monoisotopic (exact) mass is 395 g/mol. The number of ether oxygens (including phenoxy) is 3. The largest absolute Gasteiger partial charge is 0.489 e. The maximum absolute atomic E-state index is 5.90. The van der Waals surface area contributed by atoms with Crippen LogP contribution < -0.4 is 19.5 Å². The lowest BCUT2D eigenvalue weighted by atomic mass is 10.2. The molecule has 0 radical (unpaired) electrons. The predicted octanol–water partition coefficient (Wildman–Crippen LogP) is 4.89. The Morgan fingerprint density at radius 2 is 2.03 bits per heavy atom. The minimum atomic E-state index is -0.0806. The van der Waals surface area contributed by atoms with Crippen LogP contribution in [0.4, 0.5) is 5.69 Å². The minimum Gasteiger partial charge on any atom is -0.489 e. The summed E-state index contributed by atoms with van der Waals surface area (Å²) in [5.74, 6) is 3.56. The summed E-state index contributed by atoms with van der Waals surface area (Å²) < 4.78 is 22.0. The van der Waals surface area contributed by atoms with Crippen LogP contribution in [0.15, 0.2) is 47.0 Å². The number of unbranched alkanes of at least 4 members (excludes halogenated alkanes) is 1. The molecule has 7 nitrogen and oxygen atoms in total. The van der Waals surface area contributed by atoms with Crippen LogP contribution in [0.2, 0.25) is 0 Å². The normalized spacial score (nSPS) is 13.3. The van der Waals surface area contributed by atoms with Gasteiger partial charge in [-0.1, -0.05) is 30.6 Å². The van der Waals surface area contributed by atoms with Gasteiger partial charge in [-0.3, -0.25) is 0 Å². The van der Waals surface area contributed by atoms with Crippen LogP contribution in [0.5, 0.6) is 17.2 Å². The van der Waals surface area contributed by atoms with Gasteiger partial charge in [0, 0.05) is 18.2 Å². The highest BCUT2D eigenvalue weighted by Crippen LogP contribution is 2.35. The average molecular weight is 395 g/mol. The number of aryl methyl sites for hydroxylation is 1. The van der Waals surface area contributed by atoms with Crippen molar-refractivity contribution < 1.29 is 18.7 Å². The second kappa shape index (κ2) is 8.86. The SMILES string of the molecule is CCCCc1noc(C(C)Nc2cccc(COc3ccc4c(c3)OCO4)c2)n1. The van der Waals surface area contributed by atoms with Crippen LogP contribution in [-0.2, 0) is 13.0 Å². The van der Waals surface area contributed by atoms with Crippen molar-refractivity contribution in [2.45, 2.75) is 45.8 Å². The van der Waals surface area contributed by atoms with E-state index in [4.69, 9.17) is 18.7 Å². The van der Waals surface area contributed by atoms with Gasteiger partial charge in [-0.25, -0.2) is 0 Å². The van der Waals surface area contributed by atoms with Crippen molar-refractivity contribution in [2.24, 2.45) is 0 Å². The van der Waals surface area contributed by atoms with E-state index in [1.165, 1.54) is 0 Å². The molecule has 0 saturated carbocycles. The molecule has 1 aliphatic rings. The highest BCUT2D eigenvalue weighted by Gasteiger charge is 2.15. The molecule has 1 atom stereocenters. The molecule has 1 N–H and O–H groups in total. The number of nitrogens with one attached hydrogen (secondary N) is 1. The summed E-state index contributed by atoms with van der Waals surface area (Å²) >= 11 is 0. The standard InChI is InChI=1S/C22H25N3O4/c1-3-4-8-21-24-22(29-25-21)15(2)23-17-7-5-6-16(11-17)13-26-18-9-10-19-20(12-18)28-14-27-19/h5-7,9-12,15,23H,3-4,8,13-14H2,1-2H3. The molecule has 0 aliphatic carbocycles. The lowest BCUT2D eigenvalue weighted by Crippen LogP contribution is -2.07. The molecule has 0 spiro atoms. The fraction of sp³-hybridized carbons (Fsp3) is 0.364. The van der Waals surface area contributed by atoms with Crippen molar-refractivity contribution in [1.29, 1.82) is 0 Å². The Morgan fingerprint density at radius 3 is 2.93 bits per heavy atom. The fourth-order valence-corrected chi connectivity index (χ4v) is 3.08. The second-order valence-corrected chi connectivity index (χ2v) is 7.02. The van der Waals surface area contributed by atoms with Gasteiger partial charge in [0.15, 0.2) is 17.3 Å². The van der Waals surface area contributed by atoms with E-state index in [9.17, 15) is 0 Å². The lowest BCUT2D eigenvalue weighted by Gasteiger charge is -2.13. The first-order valence-electron chi connectivity index (χ1n) is 9.91. The van der Waals surface area contributed by atoms with Crippen LogP contribution in [0, 0.1) is 0 Å². The zero-order valence-electron chi connectivity index (χ0n) is 16.7. The quantitative estimate of drug-likeness (QED) is 0.552. The molecule has 3 aromatic rings. The van der Waals surface area contributed by atoms with Crippen LogP contribution in [0.25, 0.3) is 0 Å². The molecule has 2 aromatic carbocycles. The van der Waals surface area contributed by atoms with Gasteiger partial charge in [0.05, 0.1) is 0 Å². The molecule has 152 valence electrons. The van der Waals surface area contributed by atoms with Gasteiger partial charge in [-0.2, -0.15) is 4.98 Å². The summed E-state index contributed by atoms with van der Waals surface area (Å²) in [6.07, 6.45) is 3.02. The molecule has 0 bridgehead atoms. The van der Waals surface area contributed by atoms with Crippen molar-refractivity contribution in [3.8, 4) is 17.2 Å². The fourth-order valence-electron chi connectivity index (χ4n) is 3.08. The van der Waals surface area contributed by atoms with Gasteiger partial charge < -0.3 is 24.1 Å². The molecular formula is C22H25N3O4. The summed E-state index contributed by atoms with van der Waals surface area (Å²) in [6.45, 7) is 4.86. The van der Waals surface area contributed by atoms with Gasteiger partial charge in [-0.05, 0) is 43.2 Å². The first-order valence-corrected chi connectivity index (χ1v) is 9.91. The first-order chi connectivity index (χ1) is 14.2. The van der Waals surface area contributed by atoms with E-state index < -0.39 is 0 Å². The number of aromatic nitrogens is 2. The van der Waals surface area contributed by atoms with Crippen molar-refractivity contribution in [3.63, 3.8) is 0 Å². The van der Waals surface area contributed by atoms with Crippen molar-refractivity contribution in [2.75, 3.05) is 12.1 Å². The highest BCUT2D eigenvalue weighted by atomic mass is 16.7. The highest BCUT2D eigenvalue weighted by molar-refractivity contribution is 5.48. The zero-order chi connectivity index (χ0) is 20.1. The summed E-state index contributed by atoms with van der Waals surface area (Å²) in [5, 5.41) is 7.47. The summed E-state index contributed by atoms with van der Waals surface area (Å²) in [5.41, 5.74) is 2.02. The van der Waals surface area contributed by atoms with E-state index in [1.807, 2.05) is 43.3 Å². The number of fused-ring (bicyclic) bond motifs is 1. The molecule has 1 unspecified atom stereocenters. The van der Waals surface area contributed by atoms with Crippen molar-refractivity contribution in [1.82, 2.24) is 10.1 Å². The number of hydrogen-bond donors (Lipinski definition) is 1. The van der Waals surface area contributed by atoms with Crippen LogP contribution >= 0.6 is 0 Å². The van der Waals surface area contributed by atoms with Crippen LogP contribution in [-0.4, -0.2) is 16.9 Å². The average Bonchev–Trinajstić information content (AvgIpc) is 3.40. The Labute approximate surface area is 170 Å². The Balaban J connectivity index is 1.35. The van der Waals surface area contributed by atoms with Crippen molar-refractivity contribution in [3.05, 3.63) is 59.7 Å². The molecule has 29 heavy (non-hydrogen) atoms. The molecule has 7 heteroatoms. The lowest BCUT2D eigenvalue weighted by molar-refractivity contribution is 0.173. The topological polar surface area (TPSA) is 78.6 Å². The first kappa shape index (κ1) is 19.1. The molecule has 0 amide bonds. The van der Waals surface area contributed by atoms with E-state index in [1.54, 1.807) is 0 Å². The third kappa shape index (κ3) is 4.80. The van der Waals surface area contributed by atoms with E-state index in [2.05, 4.69) is 28.4 Å². The Bertz CT molecular complexity index is 957. The number of nitrogens with zero attached hydrogens (tertiary/aromatic N) is 2. The van der Waals surface area contributed by atoms with Crippen LogP contribution in [0.1, 0.15) is 50.0 Å². The molecule has 1 aliphatic heterocycles.